The van der Waals surface area contributed by atoms with Crippen LogP contribution in [0.2, 0.25) is 0 Å². The molecule has 148 valence electrons. The van der Waals surface area contributed by atoms with E-state index in [0.717, 1.165) is 0 Å². The van der Waals surface area contributed by atoms with Gasteiger partial charge in [-0.15, -0.1) is 0 Å². The maximum absolute atomic E-state index is 12.5. The Kier molecular flexibility index (Phi) is 7.22. The average molecular weight is 389 g/mol. The Hall–Kier alpha value is -2.07. The molecule has 1 amide bonds. The summed E-state index contributed by atoms with van der Waals surface area (Å²) >= 11 is 0. The number of carbonyl (C=O) groups is 2. The number of H-pyrrole nitrogens is 1. The lowest BCUT2D eigenvalue weighted by atomic mass is 10.2. The number of ether oxygens (including phenoxy) is 2. The molecule has 0 bridgehead atoms. The van der Waals surface area contributed by atoms with Crippen molar-refractivity contribution in [1.29, 1.82) is 0 Å². The molecule has 0 aromatic carbocycles. The number of aryl methyl sites for hydroxylation is 1. The van der Waals surface area contributed by atoms with Crippen LogP contribution >= 0.6 is 0 Å². The standard InChI is InChI=1S/C16H27N3O6S/c1-7-24-14(20)12-10(2)13(11(3)19-12)26(22,23)18-9-8-17-15(21)25-16(4,5)6/h18-19H,7-9H2,1-6H3,(H,17,21). The van der Waals surface area contributed by atoms with Crippen LogP contribution in [0.4, 0.5) is 4.79 Å². The van der Waals surface area contributed by atoms with E-state index in [1.165, 1.54) is 6.92 Å². The average Bonchev–Trinajstić information content (AvgIpc) is 2.78. The first-order valence-electron chi connectivity index (χ1n) is 8.22. The lowest BCUT2D eigenvalue weighted by Gasteiger charge is -2.19. The Balaban J connectivity index is 2.74. The van der Waals surface area contributed by atoms with Crippen molar-refractivity contribution in [3.8, 4) is 0 Å². The Labute approximate surface area is 153 Å². The predicted octanol–water partition coefficient (Wildman–Crippen LogP) is 1.61. The molecule has 0 atom stereocenters. The van der Waals surface area contributed by atoms with Gasteiger partial charge in [-0.3, -0.25) is 0 Å². The molecule has 1 rings (SSSR count). The van der Waals surface area contributed by atoms with Gasteiger partial charge < -0.3 is 19.8 Å². The maximum atomic E-state index is 12.5. The molecule has 0 spiro atoms. The molecule has 1 heterocycles. The van der Waals surface area contributed by atoms with Crippen molar-refractivity contribution in [2.45, 2.75) is 52.0 Å². The summed E-state index contributed by atoms with van der Waals surface area (Å²) in [5.41, 5.74) is 0.0928. The second-order valence-electron chi connectivity index (χ2n) is 6.63. The molecule has 26 heavy (non-hydrogen) atoms. The number of nitrogens with one attached hydrogen (secondary N) is 3. The van der Waals surface area contributed by atoms with Gasteiger partial charge in [-0.1, -0.05) is 0 Å². The Bertz CT molecular complexity index is 762. The van der Waals surface area contributed by atoms with E-state index in [4.69, 9.17) is 9.47 Å². The van der Waals surface area contributed by atoms with E-state index >= 15 is 0 Å². The van der Waals surface area contributed by atoms with Crippen molar-refractivity contribution < 1.29 is 27.5 Å². The summed E-state index contributed by atoms with van der Waals surface area (Å²) in [5, 5.41) is 2.46. The highest BCUT2D eigenvalue weighted by Gasteiger charge is 2.26. The third-order valence-electron chi connectivity index (χ3n) is 3.20. The Morgan fingerprint density at radius 1 is 1.15 bits per heavy atom. The van der Waals surface area contributed by atoms with Crippen LogP contribution < -0.4 is 10.0 Å². The number of alkyl carbamates (subject to hydrolysis) is 1. The maximum Gasteiger partial charge on any atom is 0.407 e. The molecule has 3 N–H and O–H groups in total. The van der Waals surface area contributed by atoms with E-state index in [-0.39, 0.29) is 35.8 Å². The molecule has 1 aromatic heterocycles. The second kappa shape index (κ2) is 8.54. The number of hydrogen-bond acceptors (Lipinski definition) is 6. The lowest BCUT2D eigenvalue weighted by molar-refractivity contribution is 0.0512. The number of amides is 1. The molecule has 1 aromatic rings. The van der Waals surface area contributed by atoms with Gasteiger partial charge in [0, 0.05) is 24.3 Å². The van der Waals surface area contributed by atoms with Crippen molar-refractivity contribution in [2.75, 3.05) is 19.7 Å². The molecule has 0 aliphatic rings. The van der Waals surface area contributed by atoms with Crippen molar-refractivity contribution in [3.05, 3.63) is 17.0 Å². The summed E-state index contributed by atoms with van der Waals surface area (Å²) < 4.78 is 37.4. The van der Waals surface area contributed by atoms with Gasteiger partial charge in [0.1, 0.15) is 16.2 Å². The Morgan fingerprint density at radius 3 is 2.31 bits per heavy atom. The number of carbonyl (C=O) groups excluding carboxylic acids is 2. The molecule has 0 radical (unpaired) electrons. The van der Waals surface area contributed by atoms with Gasteiger partial charge in [0.2, 0.25) is 10.0 Å². The molecule has 0 aliphatic carbocycles. The summed E-state index contributed by atoms with van der Waals surface area (Å²) in [6, 6.07) is 0. The first-order valence-corrected chi connectivity index (χ1v) is 9.70. The summed E-state index contributed by atoms with van der Waals surface area (Å²) in [6.45, 7) is 10.2. The van der Waals surface area contributed by atoms with Crippen LogP contribution in [0.5, 0.6) is 0 Å². The van der Waals surface area contributed by atoms with Gasteiger partial charge >= 0.3 is 12.1 Å². The van der Waals surface area contributed by atoms with Gasteiger partial charge in [-0.05, 0) is 41.5 Å². The van der Waals surface area contributed by atoms with E-state index in [9.17, 15) is 18.0 Å². The zero-order chi connectivity index (χ0) is 20.1. The van der Waals surface area contributed by atoms with Crippen LogP contribution in [0, 0.1) is 13.8 Å². The van der Waals surface area contributed by atoms with Crippen molar-refractivity contribution in [2.24, 2.45) is 0 Å². The Morgan fingerprint density at radius 2 is 1.77 bits per heavy atom. The minimum absolute atomic E-state index is 0.00202. The van der Waals surface area contributed by atoms with Gasteiger partial charge in [-0.25, -0.2) is 22.7 Å². The van der Waals surface area contributed by atoms with Crippen LogP contribution in [0.25, 0.3) is 0 Å². The first kappa shape index (κ1) is 22.0. The molecule has 0 fully saturated rings. The highest BCUT2D eigenvalue weighted by atomic mass is 32.2. The SMILES string of the molecule is CCOC(=O)c1[nH]c(C)c(S(=O)(=O)NCCNC(=O)OC(C)(C)C)c1C. The van der Waals surface area contributed by atoms with Crippen molar-refractivity contribution in [1.82, 2.24) is 15.0 Å². The lowest BCUT2D eigenvalue weighted by Crippen LogP contribution is -2.38. The van der Waals surface area contributed by atoms with E-state index in [1.54, 1.807) is 34.6 Å². The minimum Gasteiger partial charge on any atom is -0.461 e. The topological polar surface area (TPSA) is 127 Å². The number of sulfonamides is 1. The number of aromatic nitrogens is 1. The molecule has 9 nitrogen and oxygen atoms in total. The summed E-state index contributed by atoms with van der Waals surface area (Å²) in [6.07, 6.45) is -0.629. The van der Waals surface area contributed by atoms with Crippen molar-refractivity contribution >= 4 is 22.1 Å². The van der Waals surface area contributed by atoms with Crippen LogP contribution in [0.15, 0.2) is 4.90 Å². The molecule has 0 unspecified atom stereocenters. The summed E-state index contributed by atoms with van der Waals surface area (Å²) in [5.74, 6) is -0.610. The third kappa shape index (κ3) is 6.03. The third-order valence-corrected chi connectivity index (χ3v) is 4.94. The monoisotopic (exact) mass is 389 g/mol. The largest absolute Gasteiger partial charge is 0.461 e. The van der Waals surface area contributed by atoms with Crippen LogP contribution in [-0.4, -0.2) is 50.8 Å². The van der Waals surface area contributed by atoms with E-state index < -0.39 is 27.7 Å². The minimum atomic E-state index is -3.86. The molecular weight excluding hydrogens is 362 g/mol. The predicted molar refractivity (Wildman–Crippen MR) is 95.6 cm³/mol. The quantitative estimate of drug-likeness (QED) is 0.480. The smallest absolute Gasteiger partial charge is 0.407 e. The molecule has 0 aliphatic heterocycles. The molecule has 10 heteroatoms. The zero-order valence-corrected chi connectivity index (χ0v) is 16.8. The number of rotatable bonds is 7. The second-order valence-corrected chi connectivity index (χ2v) is 8.33. The molecule has 0 saturated heterocycles. The molecule has 0 saturated carbocycles. The molecular formula is C16H27N3O6S. The number of esters is 1. The fraction of sp³-hybridized carbons (Fsp3) is 0.625. The fourth-order valence-electron chi connectivity index (χ4n) is 2.28. The summed E-state index contributed by atoms with van der Waals surface area (Å²) in [4.78, 5) is 26.2. The van der Waals surface area contributed by atoms with Gasteiger partial charge in [0.05, 0.1) is 6.61 Å². The van der Waals surface area contributed by atoms with Gasteiger partial charge in [0.15, 0.2) is 0 Å². The summed E-state index contributed by atoms with van der Waals surface area (Å²) in [7, 11) is -3.86. The van der Waals surface area contributed by atoms with Crippen LogP contribution in [-0.2, 0) is 19.5 Å². The number of aromatic amines is 1. The fourth-order valence-corrected chi connectivity index (χ4v) is 3.75. The van der Waals surface area contributed by atoms with E-state index in [0.29, 0.717) is 5.69 Å². The first-order chi connectivity index (χ1) is 11.9. The van der Waals surface area contributed by atoms with E-state index in [2.05, 4.69) is 15.0 Å². The van der Waals surface area contributed by atoms with Crippen LogP contribution in [0.3, 0.4) is 0 Å². The zero-order valence-electron chi connectivity index (χ0n) is 16.0. The highest BCUT2D eigenvalue weighted by molar-refractivity contribution is 7.89. The van der Waals surface area contributed by atoms with Crippen LogP contribution in [0.1, 0.15) is 49.4 Å². The van der Waals surface area contributed by atoms with Gasteiger partial charge in [0.25, 0.3) is 0 Å². The highest BCUT2D eigenvalue weighted by Crippen LogP contribution is 2.23. The van der Waals surface area contributed by atoms with Crippen molar-refractivity contribution in [3.63, 3.8) is 0 Å². The van der Waals surface area contributed by atoms with Gasteiger partial charge in [-0.2, -0.15) is 0 Å². The van der Waals surface area contributed by atoms with E-state index in [1.807, 2.05) is 0 Å². The normalized spacial score (nSPS) is 11.9. The number of hydrogen-bond donors (Lipinski definition) is 3.